The third-order valence-corrected chi connectivity index (χ3v) is 4.01. The molecule has 0 aliphatic carbocycles. The molecule has 0 spiro atoms. The monoisotopic (exact) mass is 339 g/mol. The molecule has 2 aromatic heterocycles. The molecule has 0 saturated carbocycles. The zero-order valence-electron chi connectivity index (χ0n) is 13.8. The molecular formula is C17H21N7O. The SMILES string of the molecule is N=C(c1cnc(NC(=O)NCc2ccccn2)cc1N)N1CCCC1. The van der Waals surface area contributed by atoms with E-state index in [-0.39, 0.29) is 6.03 Å². The maximum atomic E-state index is 11.9. The van der Waals surface area contributed by atoms with E-state index >= 15 is 0 Å². The first-order valence-electron chi connectivity index (χ1n) is 8.17. The summed E-state index contributed by atoms with van der Waals surface area (Å²) in [4.78, 5) is 22.3. The third-order valence-electron chi connectivity index (χ3n) is 4.01. The van der Waals surface area contributed by atoms with Crippen molar-refractivity contribution in [1.29, 1.82) is 5.41 Å². The maximum absolute atomic E-state index is 11.9. The fourth-order valence-corrected chi connectivity index (χ4v) is 2.68. The molecule has 8 nitrogen and oxygen atoms in total. The number of amides is 2. The molecule has 2 aromatic rings. The molecule has 130 valence electrons. The number of rotatable bonds is 4. The standard InChI is InChI=1S/C17H21N7O/c18-14-9-15(21-11-13(14)16(19)24-7-3-4-8-24)23-17(25)22-10-12-5-1-2-6-20-12/h1-2,5-6,9,11,19H,3-4,7-8,10H2,(H4,18,21,22,23,25). The molecule has 3 rings (SSSR count). The van der Waals surface area contributed by atoms with Crippen molar-refractivity contribution >= 4 is 23.4 Å². The number of nitrogens with zero attached hydrogens (tertiary/aromatic N) is 3. The maximum Gasteiger partial charge on any atom is 0.320 e. The van der Waals surface area contributed by atoms with Crippen LogP contribution in [0, 0.1) is 5.41 Å². The fourth-order valence-electron chi connectivity index (χ4n) is 2.68. The number of likely N-dealkylation sites (tertiary alicyclic amines) is 1. The molecule has 5 N–H and O–H groups in total. The first kappa shape index (κ1) is 16.7. The van der Waals surface area contributed by atoms with E-state index in [4.69, 9.17) is 11.1 Å². The number of nitrogens with one attached hydrogen (secondary N) is 3. The predicted molar refractivity (Wildman–Crippen MR) is 96.4 cm³/mol. The Morgan fingerprint density at radius 3 is 2.76 bits per heavy atom. The zero-order chi connectivity index (χ0) is 17.6. The van der Waals surface area contributed by atoms with E-state index in [1.165, 1.54) is 6.20 Å². The van der Waals surface area contributed by atoms with Crippen molar-refractivity contribution in [2.24, 2.45) is 0 Å². The first-order valence-corrected chi connectivity index (χ1v) is 8.17. The van der Waals surface area contributed by atoms with E-state index in [0.717, 1.165) is 31.6 Å². The molecule has 0 atom stereocenters. The van der Waals surface area contributed by atoms with Gasteiger partial charge in [0.15, 0.2) is 0 Å². The smallest absolute Gasteiger partial charge is 0.320 e. The number of nitrogens with two attached hydrogens (primary N) is 1. The quantitative estimate of drug-likeness (QED) is 0.500. The van der Waals surface area contributed by atoms with Crippen LogP contribution in [0.5, 0.6) is 0 Å². The highest BCUT2D eigenvalue weighted by Gasteiger charge is 2.18. The highest BCUT2D eigenvalue weighted by Crippen LogP contribution is 2.19. The van der Waals surface area contributed by atoms with Gasteiger partial charge in [-0.1, -0.05) is 6.07 Å². The topological polar surface area (TPSA) is 120 Å². The Morgan fingerprint density at radius 1 is 1.28 bits per heavy atom. The largest absolute Gasteiger partial charge is 0.398 e. The summed E-state index contributed by atoms with van der Waals surface area (Å²) in [5.41, 5.74) is 7.81. The van der Waals surface area contributed by atoms with E-state index in [0.29, 0.717) is 29.4 Å². The molecule has 3 heterocycles. The second-order valence-corrected chi connectivity index (χ2v) is 5.83. The van der Waals surface area contributed by atoms with Crippen molar-refractivity contribution in [3.63, 3.8) is 0 Å². The third kappa shape index (κ3) is 4.23. The molecule has 25 heavy (non-hydrogen) atoms. The fraction of sp³-hybridized carbons (Fsp3) is 0.294. The van der Waals surface area contributed by atoms with Gasteiger partial charge in [0.1, 0.15) is 11.7 Å². The van der Waals surface area contributed by atoms with Crippen LogP contribution in [0.4, 0.5) is 16.3 Å². The van der Waals surface area contributed by atoms with Gasteiger partial charge in [-0.15, -0.1) is 0 Å². The van der Waals surface area contributed by atoms with E-state index in [2.05, 4.69) is 20.6 Å². The molecule has 1 aliphatic rings. The van der Waals surface area contributed by atoms with Gasteiger partial charge in [-0.2, -0.15) is 0 Å². The lowest BCUT2D eigenvalue weighted by Gasteiger charge is -2.19. The van der Waals surface area contributed by atoms with Gasteiger partial charge >= 0.3 is 6.03 Å². The van der Waals surface area contributed by atoms with Crippen LogP contribution in [0.3, 0.4) is 0 Å². The lowest BCUT2D eigenvalue weighted by atomic mass is 10.2. The summed E-state index contributed by atoms with van der Waals surface area (Å²) >= 11 is 0. The van der Waals surface area contributed by atoms with Crippen LogP contribution in [0.2, 0.25) is 0 Å². The predicted octanol–water partition coefficient (Wildman–Crippen LogP) is 1.80. The van der Waals surface area contributed by atoms with E-state index < -0.39 is 0 Å². The summed E-state index contributed by atoms with van der Waals surface area (Å²) < 4.78 is 0. The average molecular weight is 339 g/mol. The van der Waals surface area contributed by atoms with Gasteiger partial charge in [0.05, 0.1) is 17.8 Å². The summed E-state index contributed by atoms with van der Waals surface area (Å²) in [6.45, 7) is 2.06. The van der Waals surface area contributed by atoms with E-state index in [9.17, 15) is 4.79 Å². The molecule has 1 fully saturated rings. The molecule has 8 heteroatoms. The molecule has 2 amide bonds. The second-order valence-electron chi connectivity index (χ2n) is 5.83. The number of hydrogen-bond donors (Lipinski definition) is 4. The molecule has 0 bridgehead atoms. The van der Waals surface area contributed by atoms with Gasteiger partial charge < -0.3 is 16.0 Å². The van der Waals surface area contributed by atoms with E-state index in [1.807, 2.05) is 23.1 Å². The summed E-state index contributed by atoms with van der Waals surface area (Å²) in [7, 11) is 0. The average Bonchev–Trinajstić information content (AvgIpc) is 3.15. The van der Waals surface area contributed by atoms with Gasteiger partial charge in [-0.25, -0.2) is 9.78 Å². The van der Waals surface area contributed by atoms with Crippen molar-refractivity contribution in [3.8, 4) is 0 Å². The Balaban J connectivity index is 1.58. The lowest BCUT2D eigenvalue weighted by molar-refractivity contribution is 0.251. The highest BCUT2D eigenvalue weighted by molar-refractivity contribution is 6.01. The summed E-state index contributed by atoms with van der Waals surface area (Å²) in [5.74, 6) is 0.725. The minimum absolute atomic E-state index is 0.319. The number of urea groups is 1. The molecule has 1 saturated heterocycles. The normalized spacial score (nSPS) is 13.5. The van der Waals surface area contributed by atoms with E-state index in [1.54, 1.807) is 12.3 Å². The van der Waals surface area contributed by atoms with Crippen molar-refractivity contribution in [2.75, 3.05) is 24.1 Å². The molecular weight excluding hydrogens is 318 g/mol. The van der Waals surface area contributed by atoms with Gasteiger partial charge in [0, 0.05) is 37.2 Å². The van der Waals surface area contributed by atoms with Crippen molar-refractivity contribution in [3.05, 3.63) is 47.9 Å². The number of nitrogen functional groups attached to an aromatic ring is 1. The van der Waals surface area contributed by atoms with Crippen molar-refractivity contribution < 1.29 is 4.79 Å². The Labute approximate surface area is 146 Å². The number of hydrogen-bond acceptors (Lipinski definition) is 5. The Morgan fingerprint density at radius 2 is 2.08 bits per heavy atom. The van der Waals surface area contributed by atoms with Gasteiger partial charge in [-0.3, -0.25) is 15.7 Å². The van der Waals surface area contributed by atoms with Crippen LogP contribution in [0.25, 0.3) is 0 Å². The molecule has 0 radical (unpaired) electrons. The molecule has 0 unspecified atom stereocenters. The number of aromatic nitrogens is 2. The Bertz CT molecular complexity index is 757. The molecule has 1 aliphatic heterocycles. The van der Waals surface area contributed by atoms with Crippen molar-refractivity contribution in [2.45, 2.75) is 19.4 Å². The minimum atomic E-state index is -0.389. The summed E-state index contributed by atoms with van der Waals surface area (Å²) in [6, 6.07) is 6.69. The summed E-state index contributed by atoms with van der Waals surface area (Å²) in [6.07, 6.45) is 5.38. The first-order chi connectivity index (χ1) is 12.1. The number of amidine groups is 1. The van der Waals surface area contributed by atoms with Crippen LogP contribution in [0.15, 0.2) is 36.7 Å². The van der Waals surface area contributed by atoms with Crippen LogP contribution in [0.1, 0.15) is 24.1 Å². The number of anilines is 2. The van der Waals surface area contributed by atoms with Crippen molar-refractivity contribution in [1.82, 2.24) is 20.2 Å². The minimum Gasteiger partial charge on any atom is -0.398 e. The van der Waals surface area contributed by atoms with Crippen LogP contribution < -0.4 is 16.4 Å². The lowest BCUT2D eigenvalue weighted by Crippen LogP contribution is -2.30. The zero-order valence-corrected chi connectivity index (χ0v) is 13.8. The number of pyridine rings is 2. The van der Waals surface area contributed by atoms with Crippen LogP contribution >= 0.6 is 0 Å². The van der Waals surface area contributed by atoms with Gasteiger partial charge in [-0.05, 0) is 25.0 Å². The number of carbonyl (C=O) groups is 1. The van der Waals surface area contributed by atoms with Gasteiger partial charge in [0.2, 0.25) is 0 Å². The van der Waals surface area contributed by atoms with Gasteiger partial charge in [0.25, 0.3) is 0 Å². The second kappa shape index (κ2) is 7.61. The Kier molecular flexibility index (Phi) is 5.08. The van der Waals surface area contributed by atoms with Crippen LogP contribution in [-0.2, 0) is 6.54 Å². The highest BCUT2D eigenvalue weighted by atomic mass is 16.2. The summed E-state index contributed by atoms with van der Waals surface area (Å²) in [5, 5.41) is 13.6. The Hall–Kier alpha value is -3.16. The van der Waals surface area contributed by atoms with Crippen LogP contribution in [-0.4, -0.2) is 39.8 Å². The number of carbonyl (C=O) groups excluding carboxylic acids is 1. The molecule has 0 aromatic carbocycles.